The highest BCUT2D eigenvalue weighted by molar-refractivity contribution is 6.09. The first-order valence-corrected chi connectivity index (χ1v) is 19.1. The number of primary amides is 1. The fourth-order valence-electron chi connectivity index (χ4n) is 6.58. The molecular formula is C37H52N14O8. The summed E-state index contributed by atoms with van der Waals surface area (Å²) < 4.78 is 0. The number of imidazole rings is 1. The van der Waals surface area contributed by atoms with E-state index in [2.05, 4.69) is 51.8 Å². The van der Waals surface area contributed by atoms with Crippen molar-refractivity contribution in [2.45, 2.75) is 81.6 Å². The molecule has 1 aliphatic rings. The second-order valence-electron chi connectivity index (χ2n) is 13.8. The molecule has 3 aromatic rings. The lowest BCUT2D eigenvalue weighted by molar-refractivity contribution is -0.137. The normalized spacial score (nSPS) is 15.7. The smallest absolute Gasteiger partial charge is 0.325 e. The quantitative estimate of drug-likeness (QED) is 0.0134. The molecule has 318 valence electrons. The van der Waals surface area contributed by atoms with Gasteiger partial charge in [0, 0.05) is 54.9 Å². The molecule has 14 N–H and O–H groups in total. The third-order valence-electron chi connectivity index (χ3n) is 9.63. The van der Waals surface area contributed by atoms with E-state index in [9.17, 15) is 38.4 Å². The SMILES string of the molecule is CNC(CCCN=C(N)N)C(=O)N[C@@H](Cc1c[nH]c2ccccc12)C(=O)N[C@@H](CCCCNC(=O)C[C@@H]1NC(=O)N([C@@H](Cc2cnc[nH]2)C(=O)NCC=O)C1=O)C(N)=O. The van der Waals surface area contributed by atoms with Crippen LogP contribution in [0.15, 0.2) is 48.0 Å². The molecule has 8 amide bonds. The van der Waals surface area contributed by atoms with E-state index in [-0.39, 0.29) is 38.3 Å². The Balaban J connectivity index is 1.30. The van der Waals surface area contributed by atoms with Gasteiger partial charge < -0.3 is 63.9 Å². The highest BCUT2D eigenvalue weighted by Gasteiger charge is 2.45. The van der Waals surface area contributed by atoms with Crippen molar-refractivity contribution in [1.29, 1.82) is 0 Å². The van der Waals surface area contributed by atoms with E-state index in [4.69, 9.17) is 17.2 Å². The Labute approximate surface area is 339 Å². The second kappa shape index (κ2) is 22.2. The molecule has 0 bridgehead atoms. The number of imide groups is 1. The number of hydrogen-bond acceptors (Lipinski definition) is 11. The minimum Gasteiger partial charge on any atom is -0.370 e. The summed E-state index contributed by atoms with van der Waals surface area (Å²) >= 11 is 0. The number of benzene rings is 1. The molecule has 22 nitrogen and oxygen atoms in total. The van der Waals surface area contributed by atoms with Gasteiger partial charge in [-0.05, 0) is 50.8 Å². The molecule has 4 rings (SSSR count). The average Bonchev–Trinajstić information content (AvgIpc) is 3.94. The van der Waals surface area contributed by atoms with Crippen LogP contribution in [0, 0.1) is 0 Å². The summed E-state index contributed by atoms with van der Waals surface area (Å²) in [4.78, 5) is 117. The van der Waals surface area contributed by atoms with Crippen LogP contribution in [0.2, 0.25) is 0 Å². The van der Waals surface area contributed by atoms with E-state index in [0.717, 1.165) is 21.4 Å². The van der Waals surface area contributed by atoms with Crippen molar-refractivity contribution in [3.8, 4) is 0 Å². The van der Waals surface area contributed by atoms with Gasteiger partial charge in [-0.15, -0.1) is 0 Å². The average molecular weight is 821 g/mol. The van der Waals surface area contributed by atoms with Gasteiger partial charge >= 0.3 is 6.03 Å². The van der Waals surface area contributed by atoms with E-state index in [0.29, 0.717) is 44.2 Å². The van der Waals surface area contributed by atoms with Gasteiger partial charge in [-0.25, -0.2) is 14.7 Å². The van der Waals surface area contributed by atoms with Crippen molar-refractivity contribution >= 4 is 64.6 Å². The Bertz CT molecular complexity index is 1980. The molecule has 1 unspecified atom stereocenters. The van der Waals surface area contributed by atoms with Gasteiger partial charge in [0.05, 0.1) is 25.3 Å². The zero-order valence-corrected chi connectivity index (χ0v) is 32.6. The fraction of sp³-hybridized carbons (Fsp3) is 0.459. The maximum atomic E-state index is 13.8. The number of nitrogens with zero attached hydrogens (tertiary/aromatic N) is 3. The van der Waals surface area contributed by atoms with Crippen LogP contribution < -0.4 is 49.1 Å². The third-order valence-corrected chi connectivity index (χ3v) is 9.63. The monoisotopic (exact) mass is 820 g/mol. The van der Waals surface area contributed by atoms with Crippen LogP contribution in [-0.4, -0.2) is 130 Å². The Morgan fingerprint density at radius 3 is 2.34 bits per heavy atom. The highest BCUT2D eigenvalue weighted by atomic mass is 16.2. The number of amides is 8. The van der Waals surface area contributed by atoms with E-state index in [1.807, 2.05) is 24.3 Å². The van der Waals surface area contributed by atoms with E-state index in [1.165, 1.54) is 12.5 Å². The predicted octanol–water partition coefficient (Wildman–Crippen LogP) is -2.95. The first kappa shape index (κ1) is 44.9. The molecular weight excluding hydrogens is 768 g/mol. The number of aldehydes is 1. The van der Waals surface area contributed by atoms with Gasteiger partial charge in [-0.1, -0.05) is 18.2 Å². The molecule has 0 spiro atoms. The van der Waals surface area contributed by atoms with Crippen LogP contribution in [0.5, 0.6) is 0 Å². The highest BCUT2D eigenvalue weighted by Crippen LogP contribution is 2.20. The number of hydrogen-bond donors (Lipinski definition) is 11. The van der Waals surface area contributed by atoms with E-state index < -0.39 is 78.1 Å². The summed E-state index contributed by atoms with van der Waals surface area (Å²) in [6.07, 6.45) is 6.26. The molecule has 5 atom stereocenters. The van der Waals surface area contributed by atoms with Gasteiger partial charge in [0.15, 0.2) is 5.96 Å². The molecule has 22 heteroatoms. The van der Waals surface area contributed by atoms with E-state index in [1.54, 1.807) is 13.2 Å². The van der Waals surface area contributed by atoms with Crippen molar-refractivity contribution in [3.05, 3.63) is 54.2 Å². The Hall–Kier alpha value is -6.84. The van der Waals surface area contributed by atoms with Gasteiger partial charge in [0.1, 0.15) is 30.5 Å². The number of urea groups is 1. The number of rotatable bonds is 25. The first-order chi connectivity index (χ1) is 28.3. The summed E-state index contributed by atoms with van der Waals surface area (Å²) in [6, 6.07) is 1.21. The van der Waals surface area contributed by atoms with Gasteiger partial charge in [-0.2, -0.15) is 0 Å². The summed E-state index contributed by atoms with van der Waals surface area (Å²) in [5, 5.41) is 16.8. The number of carbonyl (C=O) groups is 8. The first-order valence-electron chi connectivity index (χ1n) is 19.1. The minimum absolute atomic E-state index is 0.0599. The number of aromatic amines is 2. The van der Waals surface area contributed by atoms with Gasteiger partial charge in [0.25, 0.3) is 5.91 Å². The van der Waals surface area contributed by atoms with Gasteiger partial charge in [0.2, 0.25) is 29.5 Å². The number of nitrogens with one attached hydrogen (secondary N) is 8. The van der Waals surface area contributed by atoms with Crippen LogP contribution in [0.3, 0.4) is 0 Å². The van der Waals surface area contributed by atoms with Crippen LogP contribution in [0.25, 0.3) is 10.9 Å². The maximum Gasteiger partial charge on any atom is 0.325 e. The number of nitrogens with two attached hydrogens (primary N) is 3. The Kier molecular flexibility index (Phi) is 16.9. The summed E-state index contributed by atoms with van der Waals surface area (Å²) in [7, 11) is 1.62. The van der Waals surface area contributed by atoms with Crippen LogP contribution in [0.1, 0.15) is 49.8 Å². The van der Waals surface area contributed by atoms with Crippen LogP contribution >= 0.6 is 0 Å². The predicted molar refractivity (Wildman–Crippen MR) is 214 cm³/mol. The molecule has 0 aliphatic carbocycles. The summed E-state index contributed by atoms with van der Waals surface area (Å²) in [5.41, 5.74) is 18.5. The molecule has 1 aromatic carbocycles. The molecule has 3 heterocycles. The van der Waals surface area contributed by atoms with E-state index >= 15 is 0 Å². The zero-order valence-electron chi connectivity index (χ0n) is 32.6. The third kappa shape index (κ3) is 13.1. The number of fused-ring (bicyclic) bond motifs is 1. The molecule has 1 saturated heterocycles. The molecule has 59 heavy (non-hydrogen) atoms. The van der Waals surface area contributed by atoms with Crippen LogP contribution in [-0.2, 0) is 46.4 Å². The van der Waals surface area contributed by atoms with Gasteiger partial charge in [-0.3, -0.25) is 33.8 Å². The van der Waals surface area contributed by atoms with Crippen molar-refractivity contribution in [2.24, 2.45) is 22.2 Å². The number of guanidine groups is 1. The summed E-state index contributed by atoms with van der Waals surface area (Å²) in [5.74, 6) is -4.01. The number of aliphatic imine (C=N–C) groups is 1. The summed E-state index contributed by atoms with van der Waals surface area (Å²) in [6.45, 7) is 0.114. The largest absolute Gasteiger partial charge is 0.370 e. The lowest BCUT2D eigenvalue weighted by Gasteiger charge is -2.24. The number of H-pyrrole nitrogens is 2. The molecule has 1 aliphatic heterocycles. The fourth-order valence-corrected chi connectivity index (χ4v) is 6.58. The molecule has 2 aromatic heterocycles. The molecule has 0 radical (unpaired) electrons. The number of likely N-dealkylation sites (N-methyl/N-ethyl adjacent to an activating group) is 1. The Morgan fingerprint density at radius 1 is 0.915 bits per heavy atom. The zero-order chi connectivity index (χ0) is 42.9. The second-order valence-corrected chi connectivity index (χ2v) is 13.8. The Morgan fingerprint density at radius 2 is 1.64 bits per heavy atom. The van der Waals surface area contributed by atoms with Crippen molar-refractivity contribution in [3.63, 3.8) is 0 Å². The van der Waals surface area contributed by atoms with Crippen molar-refractivity contribution in [1.82, 2.24) is 51.8 Å². The molecule has 1 fully saturated rings. The number of para-hydroxylation sites is 1. The lowest BCUT2D eigenvalue weighted by Crippen LogP contribution is -2.56. The molecule has 0 saturated carbocycles. The van der Waals surface area contributed by atoms with Crippen LogP contribution in [0.4, 0.5) is 4.79 Å². The number of unbranched alkanes of at least 4 members (excludes halogenated alkanes) is 1. The maximum absolute atomic E-state index is 13.8. The number of carbonyl (C=O) groups excluding carboxylic acids is 8. The lowest BCUT2D eigenvalue weighted by atomic mass is 10.0. The topological polar surface area (TPSA) is 347 Å². The van der Waals surface area contributed by atoms with Crippen molar-refractivity contribution < 1.29 is 38.4 Å². The van der Waals surface area contributed by atoms with Crippen molar-refractivity contribution in [2.75, 3.05) is 26.7 Å². The number of aromatic nitrogens is 3. The standard InChI is InChI=1S/C37H52N14O8/c1-41-26(10-6-12-45-36(39)40)32(55)49-27(15-21-18-46-24-8-3-2-7-23(21)24)33(56)48-25(31(38)54)9-4-5-11-43-30(53)17-28-35(58)51(37(59)50-28)29(34(57)44-13-14-52)16-22-19-42-20-47-22/h2-3,7-8,14,18-20,25-29,41,46H,4-6,9-13,15-17H2,1H3,(H2,38,54)(H,42,47)(H,43,53)(H,44,57)(H,48,56)(H,49,55)(H,50,59)(H4,39,40,45)/t25-,26?,27-,28-,29-/m0/s1. The minimum atomic E-state index is -1.31.